The molecule has 112 valence electrons. The predicted octanol–water partition coefficient (Wildman–Crippen LogP) is 4.03. The number of hydrogen-bond donors (Lipinski definition) is 1. The van der Waals surface area contributed by atoms with Crippen LogP contribution < -0.4 is 9.47 Å². The smallest absolute Gasteiger partial charge is 0.387 e. The summed E-state index contributed by atoms with van der Waals surface area (Å²) >= 11 is 5.92. The summed E-state index contributed by atoms with van der Waals surface area (Å²) in [6, 6.07) is 10.7. The summed E-state index contributed by atoms with van der Waals surface area (Å²) in [4.78, 5) is 0. The number of rotatable bonds is 5. The van der Waals surface area contributed by atoms with E-state index in [2.05, 4.69) is 4.74 Å². The van der Waals surface area contributed by atoms with E-state index in [1.807, 2.05) is 0 Å². The highest BCUT2D eigenvalue weighted by molar-refractivity contribution is 6.32. The van der Waals surface area contributed by atoms with Crippen LogP contribution in [0.25, 0.3) is 0 Å². The number of ether oxygens (including phenoxy) is 2. The first-order valence-corrected chi connectivity index (χ1v) is 6.45. The Kier molecular flexibility index (Phi) is 4.98. The van der Waals surface area contributed by atoms with Gasteiger partial charge in [0.2, 0.25) is 0 Å². The Morgan fingerprint density at radius 3 is 2.48 bits per heavy atom. The molecule has 1 unspecified atom stereocenters. The lowest BCUT2D eigenvalue weighted by atomic mass is 10.0. The van der Waals surface area contributed by atoms with Crippen LogP contribution in [0, 0.1) is 0 Å². The third kappa shape index (κ3) is 3.83. The highest BCUT2D eigenvalue weighted by Gasteiger charge is 2.14. The number of benzene rings is 2. The van der Waals surface area contributed by atoms with Crippen LogP contribution in [0.1, 0.15) is 17.2 Å². The van der Waals surface area contributed by atoms with E-state index >= 15 is 0 Å². The van der Waals surface area contributed by atoms with Gasteiger partial charge in [-0.25, -0.2) is 0 Å². The summed E-state index contributed by atoms with van der Waals surface area (Å²) in [5.74, 6) is 0.413. The van der Waals surface area contributed by atoms with Crippen LogP contribution >= 0.6 is 11.6 Å². The van der Waals surface area contributed by atoms with Crippen molar-refractivity contribution in [3.63, 3.8) is 0 Å². The van der Waals surface area contributed by atoms with Crippen LogP contribution in [-0.4, -0.2) is 18.8 Å². The van der Waals surface area contributed by atoms with Crippen molar-refractivity contribution in [2.45, 2.75) is 12.7 Å². The van der Waals surface area contributed by atoms with Crippen molar-refractivity contribution in [2.75, 3.05) is 7.11 Å². The van der Waals surface area contributed by atoms with Crippen LogP contribution in [0.5, 0.6) is 11.5 Å². The molecule has 2 aromatic rings. The topological polar surface area (TPSA) is 38.7 Å². The van der Waals surface area contributed by atoms with Crippen LogP contribution in [0.3, 0.4) is 0 Å². The average Bonchev–Trinajstić information content (AvgIpc) is 2.46. The molecule has 0 saturated heterocycles. The third-order valence-corrected chi connectivity index (χ3v) is 3.20. The summed E-state index contributed by atoms with van der Waals surface area (Å²) < 4.78 is 33.8. The van der Waals surface area contributed by atoms with E-state index in [1.165, 1.54) is 25.3 Å². The van der Waals surface area contributed by atoms with Crippen molar-refractivity contribution in [1.82, 2.24) is 0 Å². The van der Waals surface area contributed by atoms with Crippen molar-refractivity contribution in [1.29, 1.82) is 0 Å². The fourth-order valence-corrected chi connectivity index (χ4v) is 2.09. The lowest BCUT2D eigenvalue weighted by Gasteiger charge is -2.14. The normalized spacial score (nSPS) is 12.3. The molecule has 0 radical (unpaired) electrons. The van der Waals surface area contributed by atoms with Gasteiger partial charge in [0.1, 0.15) is 17.6 Å². The molecule has 0 bridgehead atoms. The van der Waals surface area contributed by atoms with Gasteiger partial charge in [-0.1, -0.05) is 29.8 Å². The molecular weight excluding hydrogens is 302 g/mol. The first-order chi connectivity index (χ1) is 10.0. The van der Waals surface area contributed by atoms with E-state index < -0.39 is 12.7 Å². The van der Waals surface area contributed by atoms with Crippen LogP contribution in [0.15, 0.2) is 42.5 Å². The lowest BCUT2D eigenvalue weighted by Crippen LogP contribution is -2.04. The van der Waals surface area contributed by atoms with E-state index in [0.29, 0.717) is 21.9 Å². The van der Waals surface area contributed by atoms with Gasteiger partial charge in [-0.3, -0.25) is 0 Å². The van der Waals surface area contributed by atoms with Gasteiger partial charge in [0.05, 0.1) is 12.1 Å². The Labute approximate surface area is 125 Å². The zero-order valence-corrected chi connectivity index (χ0v) is 11.8. The molecule has 0 amide bonds. The standard InChI is InChI=1S/C15H13ClF2O3/c1-20-13-8-10(5-6-12(13)16)14(19)9-3-2-4-11(7-9)21-15(17)18/h2-8,14-15,19H,1H3. The van der Waals surface area contributed by atoms with E-state index in [0.717, 1.165) is 0 Å². The van der Waals surface area contributed by atoms with Gasteiger partial charge < -0.3 is 14.6 Å². The van der Waals surface area contributed by atoms with Gasteiger partial charge in [-0.15, -0.1) is 0 Å². The Bertz CT molecular complexity index is 620. The number of halogens is 3. The molecule has 3 nitrogen and oxygen atoms in total. The molecule has 0 saturated carbocycles. The lowest BCUT2D eigenvalue weighted by molar-refractivity contribution is -0.0499. The van der Waals surface area contributed by atoms with E-state index in [9.17, 15) is 13.9 Å². The Hall–Kier alpha value is -1.85. The second kappa shape index (κ2) is 6.74. The molecule has 0 spiro atoms. The summed E-state index contributed by atoms with van der Waals surface area (Å²) in [7, 11) is 1.47. The fraction of sp³-hybridized carbons (Fsp3) is 0.200. The van der Waals surface area contributed by atoms with Gasteiger partial charge in [0.15, 0.2) is 0 Å². The summed E-state index contributed by atoms with van der Waals surface area (Å²) in [5, 5.41) is 10.7. The van der Waals surface area contributed by atoms with Crippen LogP contribution in [-0.2, 0) is 0 Å². The van der Waals surface area contributed by atoms with Crippen molar-refractivity contribution < 1.29 is 23.4 Å². The molecule has 1 atom stereocenters. The van der Waals surface area contributed by atoms with Gasteiger partial charge in [0.25, 0.3) is 0 Å². The highest BCUT2D eigenvalue weighted by atomic mass is 35.5. The van der Waals surface area contributed by atoms with E-state index in [-0.39, 0.29) is 5.75 Å². The van der Waals surface area contributed by atoms with Crippen molar-refractivity contribution >= 4 is 11.6 Å². The molecule has 2 rings (SSSR count). The number of aliphatic hydroxyl groups excluding tert-OH is 1. The number of methoxy groups -OCH3 is 1. The van der Waals surface area contributed by atoms with Gasteiger partial charge >= 0.3 is 6.61 Å². The summed E-state index contributed by atoms with van der Waals surface area (Å²) in [6.45, 7) is -2.91. The first kappa shape index (κ1) is 15.5. The van der Waals surface area contributed by atoms with Crippen LogP contribution in [0.2, 0.25) is 5.02 Å². The zero-order valence-electron chi connectivity index (χ0n) is 11.1. The highest BCUT2D eigenvalue weighted by Crippen LogP contribution is 2.31. The maximum Gasteiger partial charge on any atom is 0.387 e. The van der Waals surface area contributed by atoms with Crippen molar-refractivity contribution in [3.05, 3.63) is 58.6 Å². The monoisotopic (exact) mass is 314 g/mol. The molecule has 21 heavy (non-hydrogen) atoms. The molecule has 0 aliphatic rings. The van der Waals surface area contributed by atoms with Gasteiger partial charge in [-0.2, -0.15) is 8.78 Å². The van der Waals surface area contributed by atoms with E-state index in [1.54, 1.807) is 24.3 Å². The minimum absolute atomic E-state index is 0.0116. The minimum atomic E-state index is -2.91. The second-order valence-electron chi connectivity index (χ2n) is 4.25. The molecule has 0 aromatic heterocycles. The summed E-state index contributed by atoms with van der Waals surface area (Å²) in [6.07, 6.45) is -1.00. The second-order valence-corrected chi connectivity index (χ2v) is 4.65. The van der Waals surface area contributed by atoms with Gasteiger partial charge in [-0.05, 0) is 35.4 Å². The largest absolute Gasteiger partial charge is 0.495 e. The summed E-state index contributed by atoms with van der Waals surface area (Å²) in [5.41, 5.74) is 0.961. The Morgan fingerprint density at radius 1 is 1.10 bits per heavy atom. The average molecular weight is 315 g/mol. The third-order valence-electron chi connectivity index (χ3n) is 2.89. The molecule has 0 aliphatic heterocycles. The maximum atomic E-state index is 12.2. The predicted molar refractivity (Wildman–Crippen MR) is 75.1 cm³/mol. The van der Waals surface area contributed by atoms with Crippen molar-refractivity contribution in [3.8, 4) is 11.5 Å². The number of alkyl halides is 2. The Morgan fingerprint density at radius 2 is 1.81 bits per heavy atom. The number of aliphatic hydroxyl groups is 1. The van der Waals surface area contributed by atoms with Crippen LogP contribution in [0.4, 0.5) is 8.78 Å². The molecule has 0 heterocycles. The molecule has 2 aromatic carbocycles. The molecule has 0 fully saturated rings. The molecule has 1 N–H and O–H groups in total. The number of hydrogen-bond acceptors (Lipinski definition) is 3. The maximum absolute atomic E-state index is 12.2. The quantitative estimate of drug-likeness (QED) is 0.905. The fourth-order valence-electron chi connectivity index (χ4n) is 1.90. The minimum Gasteiger partial charge on any atom is -0.495 e. The van der Waals surface area contributed by atoms with Gasteiger partial charge in [0, 0.05) is 0 Å². The molecule has 0 aliphatic carbocycles. The van der Waals surface area contributed by atoms with Crippen molar-refractivity contribution in [2.24, 2.45) is 0 Å². The first-order valence-electron chi connectivity index (χ1n) is 6.07. The zero-order chi connectivity index (χ0) is 15.4. The molecule has 6 heteroatoms. The Balaban J connectivity index is 2.29. The molecular formula is C15H13ClF2O3. The van der Waals surface area contributed by atoms with E-state index in [4.69, 9.17) is 16.3 Å². The SMILES string of the molecule is COc1cc(C(O)c2cccc(OC(F)F)c2)ccc1Cl.